The number of carbonyl (C=O) groups is 1. The van der Waals surface area contributed by atoms with E-state index >= 15 is 0 Å². The van der Waals surface area contributed by atoms with E-state index in [0.29, 0.717) is 15.9 Å². The summed E-state index contributed by atoms with van der Waals surface area (Å²) in [5, 5.41) is 12.0. The highest BCUT2D eigenvalue weighted by Crippen LogP contribution is 2.39. The van der Waals surface area contributed by atoms with Gasteiger partial charge >= 0.3 is 0 Å². The molecule has 0 bridgehead atoms. The van der Waals surface area contributed by atoms with Crippen molar-refractivity contribution in [3.63, 3.8) is 0 Å². The SMILES string of the molecule is COc1ccc(C2Nn3c(C)nnc3SC2C(=O)Nc2ccc(Cl)cc2)cc1Br. The second-order valence-corrected chi connectivity index (χ2v) is 8.80. The van der Waals surface area contributed by atoms with Gasteiger partial charge in [0.25, 0.3) is 0 Å². The molecule has 150 valence electrons. The molecular formula is C19H17BrClN5O2S. The van der Waals surface area contributed by atoms with Gasteiger partial charge in [0.15, 0.2) is 0 Å². The molecule has 10 heteroatoms. The van der Waals surface area contributed by atoms with E-state index in [1.54, 1.807) is 36.1 Å². The molecule has 4 rings (SSSR count). The molecule has 1 amide bonds. The topological polar surface area (TPSA) is 81.1 Å². The maximum atomic E-state index is 13.2. The van der Waals surface area contributed by atoms with Crippen molar-refractivity contribution < 1.29 is 9.53 Å². The van der Waals surface area contributed by atoms with Crippen LogP contribution in [-0.2, 0) is 4.79 Å². The number of nitrogens with one attached hydrogen (secondary N) is 2. The summed E-state index contributed by atoms with van der Waals surface area (Å²) in [6.45, 7) is 1.86. The van der Waals surface area contributed by atoms with Gasteiger partial charge < -0.3 is 15.5 Å². The molecule has 0 saturated carbocycles. The van der Waals surface area contributed by atoms with Gasteiger partial charge in [-0.25, -0.2) is 4.68 Å². The van der Waals surface area contributed by atoms with Crippen LogP contribution in [0.15, 0.2) is 52.1 Å². The number of benzene rings is 2. The number of fused-ring (bicyclic) bond motifs is 1. The average Bonchev–Trinajstić information content (AvgIpc) is 3.08. The first kappa shape index (κ1) is 20.1. The van der Waals surface area contributed by atoms with Gasteiger partial charge in [-0.3, -0.25) is 4.79 Å². The number of amides is 1. The molecule has 0 saturated heterocycles. The molecule has 0 fully saturated rings. The summed E-state index contributed by atoms with van der Waals surface area (Å²) in [6, 6.07) is 12.5. The number of aryl methyl sites for hydroxylation is 1. The van der Waals surface area contributed by atoms with E-state index in [0.717, 1.165) is 21.6 Å². The Kier molecular flexibility index (Phi) is 5.71. The lowest BCUT2D eigenvalue weighted by atomic mass is 10.0. The molecule has 7 nitrogen and oxygen atoms in total. The third-order valence-electron chi connectivity index (χ3n) is 4.50. The summed E-state index contributed by atoms with van der Waals surface area (Å²) in [6.07, 6.45) is 0. The molecule has 1 aromatic heterocycles. The van der Waals surface area contributed by atoms with Crippen molar-refractivity contribution >= 4 is 50.9 Å². The quantitative estimate of drug-likeness (QED) is 0.559. The van der Waals surface area contributed by atoms with Crippen LogP contribution in [0.3, 0.4) is 0 Å². The van der Waals surface area contributed by atoms with Crippen molar-refractivity contribution in [2.24, 2.45) is 0 Å². The third-order valence-corrected chi connectivity index (χ3v) is 6.59. The van der Waals surface area contributed by atoms with Crippen LogP contribution in [0.1, 0.15) is 17.4 Å². The van der Waals surface area contributed by atoms with Crippen LogP contribution in [-0.4, -0.2) is 33.1 Å². The number of carbonyl (C=O) groups excluding carboxylic acids is 1. The fraction of sp³-hybridized carbons (Fsp3) is 0.211. The number of nitrogens with zero attached hydrogens (tertiary/aromatic N) is 3. The smallest absolute Gasteiger partial charge is 0.240 e. The molecule has 1 aliphatic heterocycles. The Balaban J connectivity index is 1.67. The van der Waals surface area contributed by atoms with Crippen molar-refractivity contribution in [2.45, 2.75) is 23.4 Å². The molecular weight excluding hydrogens is 478 g/mol. The summed E-state index contributed by atoms with van der Waals surface area (Å²) in [5.74, 6) is 1.30. The Morgan fingerprint density at radius 3 is 2.72 bits per heavy atom. The number of hydrogen-bond donors (Lipinski definition) is 2. The maximum absolute atomic E-state index is 13.2. The van der Waals surface area contributed by atoms with Crippen LogP contribution in [0.2, 0.25) is 5.02 Å². The Morgan fingerprint density at radius 1 is 1.28 bits per heavy atom. The van der Waals surface area contributed by atoms with E-state index in [9.17, 15) is 4.79 Å². The predicted molar refractivity (Wildman–Crippen MR) is 117 cm³/mol. The Hall–Kier alpha value is -2.23. The van der Waals surface area contributed by atoms with Crippen molar-refractivity contribution in [2.75, 3.05) is 17.9 Å². The van der Waals surface area contributed by atoms with E-state index < -0.39 is 5.25 Å². The van der Waals surface area contributed by atoms with Crippen LogP contribution >= 0.6 is 39.3 Å². The van der Waals surface area contributed by atoms with Gasteiger partial charge in [-0.1, -0.05) is 29.4 Å². The molecule has 1 aliphatic rings. The molecule has 2 atom stereocenters. The number of hydrogen-bond acceptors (Lipinski definition) is 6. The first-order valence-electron chi connectivity index (χ1n) is 8.71. The summed E-state index contributed by atoms with van der Waals surface area (Å²) in [5.41, 5.74) is 4.99. The van der Waals surface area contributed by atoms with Crippen LogP contribution in [0.5, 0.6) is 5.75 Å². The van der Waals surface area contributed by atoms with Gasteiger partial charge in [-0.15, -0.1) is 10.2 Å². The minimum Gasteiger partial charge on any atom is -0.496 e. The minimum absolute atomic E-state index is 0.145. The second kappa shape index (κ2) is 8.25. The summed E-state index contributed by atoms with van der Waals surface area (Å²) in [7, 11) is 1.61. The van der Waals surface area contributed by atoms with Gasteiger partial charge in [0, 0.05) is 10.7 Å². The summed E-state index contributed by atoms with van der Waals surface area (Å²) < 4.78 is 7.94. The average molecular weight is 495 g/mol. The molecule has 2 N–H and O–H groups in total. The molecule has 29 heavy (non-hydrogen) atoms. The van der Waals surface area contributed by atoms with Gasteiger partial charge in [0.2, 0.25) is 11.1 Å². The van der Waals surface area contributed by atoms with E-state index in [4.69, 9.17) is 16.3 Å². The zero-order chi connectivity index (χ0) is 20.5. The first-order chi connectivity index (χ1) is 14.0. The van der Waals surface area contributed by atoms with Crippen molar-refractivity contribution in [1.29, 1.82) is 0 Å². The fourth-order valence-electron chi connectivity index (χ4n) is 3.03. The zero-order valence-electron chi connectivity index (χ0n) is 15.5. The number of rotatable bonds is 4. The summed E-state index contributed by atoms with van der Waals surface area (Å²) in [4.78, 5) is 13.2. The number of thioether (sulfide) groups is 1. The monoisotopic (exact) mass is 493 g/mol. The van der Waals surface area contributed by atoms with Gasteiger partial charge in [0.05, 0.1) is 17.6 Å². The van der Waals surface area contributed by atoms with Gasteiger partial charge in [-0.05, 0) is 64.8 Å². The maximum Gasteiger partial charge on any atom is 0.240 e. The lowest BCUT2D eigenvalue weighted by molar-refractivity contribution is -0.116. The normalized spacial score (nSPS) is 17.9. The first-order valence-corrected chi connectivity index (χ1v) is 10.8. The van der Waals surface area contributed by atoms with Gasteiger partial charge in [-0.2, -0.15) is 0 Å². The number of aromatic nitrogens is 3. The fourth-order valence-corrected chi connectivity index (χ4v) is 4.84. The standard InChI is InChI=1S/C19H17BrClN5O2S/c1-10-23-24-19-26(10)25-16(11-3-8-15(28-2)14(20)9-11)17(29-19)18(27)22-13-6-4-12(21)5-7-13/h3-9,16-17,25H,1-2H3,(H,22,27). The molecule has 0 spiro atoms. The number of anilines is 1. The lowest BCUT2D eigenvalue weighted by Crippen LogP contribution is -2.41. The highest BCUT2D eigenvalue weighted by Gasteiger charge is 2.37. The number of ether oxygens (including phenoxy) is 1. The molecule has 0 aliphatic carbocycles. The molecule has 0 radical (unpaired) electrons. The lowest BCUT2D eigenvalue weighted by Gasteiger charge is -2.33. The van der Waals surface area contributed by atoms with E-state index in [2.05, 4.69) is 36.9 Å². The van der Waals surface area contributed by atoms with Crippen LogP contribution < -0.4 is 15.5 Å². The van der Waals surface area contributed by atoms with E-state index in [-0.39, 0.29) is 11.9 Å². The summed E-state index contributed by atoms with van der Waals surface area (Å²) >= 11 is 10.8. The predicted octanol–water partition coefficient (Wildman–Crippen LogP) is 4.41. The second-order valence-electron chi connectivity index (χ2n) is 6.40. The largest absolute Gasteiger partial charge is 0.496 e. The highest BCUT2D eigenvalue weighted by atomic mass is 79.9. The van der Waals surface area contributed by atoms with E-state index in [1.807, 2.05) is 25.1 Å². The molecule has 3 aromatic rings. The van der Waals surface area contributed by atoms with Crippen LogP contribution in [0.4, 0.5) is 5.69 Å². The Bertz CT molecular complexity index is 1060. The Labute approximate surface area is 185 Å². The Morgan fingerprint density at radius 2 is 2.03 bits per heavy atom. The zero-order valence-corrected chi connectivity index (χ0v) is 18.7. The number of halogens is 2. The molecule has 2 aromatic carbocycles. The third kappa shape index (κ3) is 4.08. The van der Waals surface area contributed by atoms with Gasteiger partial charge in [0.1, 0.15) is 16.8 Å². The van der Waals surface area contributed by atoms with Crippen molar-refractivity contribution in [1.82, 2.24) is 14.9 Å². The van der Waals surface area contributed by atoms with Crippen molar-refractivity contribution in [3.05, 3.63) is 63.3 Å². The molecule has 2 unspecified atom stereocenters. The highest BCUT2D eigenvalue weighted by molar-refractivity contribution is 9.10. The van der Waals surface area contributed by atoms with Crippen LogP contribution in [0, 0.1) is 6.92 Å². The van der Waals surface area contributed by atoms with Crippen molar-refractivity contribution in [3.8, 4) is 5.75 Å². The van der Waals surface area contributed by atoms with Crippen LogP contribution in [0.25, 0.3) is 0 Å². The number of methoxy groups -OCH3 is 1. The molecule has 2 heterocycles. The van der Waals surface area contributed by atoms with E-state index in [1.165, 1.54) is 11.8 Å². The minimum atomic E-state index is -0.470.